The molecule has 2 amide bonds. The minimum atomic E-state index is -0.583. The van der Waals surface area contributed by atoms with Gasteiger partial charge in [-0.15, -0.1) is 0 Å². The van der Waals surface area contributed by atoms with Gasteiger partial charge in [-0.2, -0.15) is 0 Å². The van der Waals surface area contributed by atoms with Crippen molar-refractivity contribution in [3.05, 3.63) is 49.1 Å². The minimum absolute atomic E-state index is 0.149. The molecule has 1 heterocycles. The maximum atomic E-state index is 12.7. The zero-order valence-electron chi connectivity index (χ0n) is 12.3. The van der Waals surface area contributed by atoms with Gasteiger partial charge in [0.2, 0.25) is 11.8 Å². The molecule has 1 saturated heterocycles. The normalized spacial score (nSPS) is 30.7. The topological polar surface area (TPSA) is 63.7 Å². The van der Waals surface area contributed by atoms with Crippen molar-refractivity contribution in [2.45, 2.75) is 6.42 Å². The molecule has 1 aliphatic heterocycles. The average Bonchev–Trinajstić information content (AvgIpc) is 3.21. The number of amides is 2. The lowest BCUT2D eigenvalue weighted by Gasteiger charge is -2.17. The molecule has 4 rings (SSSR count). The largest absolute Gasteiger partial charge is 0.423 e. The predicted octanol–water partition coefficient (Wildman–Crippen LogP) is 2.09. The maximum absolute atomic E-state index is 12.7. The van der Waals surface area contributed by atoms with E-state index in [-0.39, 0.29) is 41.2 Å². The lowest BCUT2D eigenvalue weighted by molar-refractivity contribution is -0.129. The van der Waals surface area contributed by atoms with Gasteiger partial charge in [-0.1, -0.05) is 24.8 Å². The summed E-state index contributed by atoms with van der Waals surface area (Å²) in [5, 5.41) is 0. The highest BCUT2D eigenvalue weighted by atomic mass is 16.5. The van der Waals surface area contributed by atoms with Crippen LogP contribution in [0.2, 0.25) is 0 Å². The van der Waals surface area contributed by atoms with Gasteiger partial charge >= 0.3 is 5.97 Å². The van der Waals surface area contributed by atoms with E-state index in [1.807, 2.05) is 0 Å². The Labute approximate surface area is 133 Å². The fraction of sp³-hybridized carbons (Fsp3) is 0.278. The van der Waals surface area contributed by atoms with Crippen LogP contribution in [0.25, 0.3) is 0 Å². The van der Waals surface area contributed by atoms with Crippen LogP contribution in [-0.4, -0.2) is 17.8 Å². The molecule has 1 aromatic carbocycles. The average molecular weight is 309 g/mol. The second-order valence-electron chi connectivity index (χ2n) is 6.13. The van der Waals surface area contributed by atoms with Crippen LogP contribution in [-0.2, 0) is 14.4 Å². The Hall–Kier alpha value is -2.69. The van der Waals surface area contributed by atoms with Gasteiger partial charge in [-0.25, -0.2) is 9.69 Å². The van der Waals surface area contributed by atoms with E-state index in [4.69, 9.17) is 4.74 Å². The Morgan fingerprint density at radius 2 is 1.83 bits per heavy atom. The molecule has 1 saturated carbocycles. The molecule has 116 valence electrons. The SMILES string of the molecule is C=CC(=O)Oc1cccc(N2C(=O)[C@@H]3[C@H](C2=O)[C@@H]2C=C[C@H]3C2)c1. The number of benzene rings is 1. The third-order valence-electron chi connectivity index (χ3n) is 4.93. The Bertz CT molecular complexity index is 736. The summed E-state index contributed by atoms with van der Waals surface area (Å²) >= 11 is 0. The van der Waals surface area contributed by atoms with Gasteiger partial charge in [-0.05, 0) is 30.4 Å². The first-order chi connectivity index (χ1) is 11.1. The molecule has 2 aliphatic carbocycles. The van der Waals surface area contributed by atoms with E-state index in [0.29, 0.717) is 5.69 Å². The Morgan fingerprint density at radius 3 is 2.43 bits per heavy atom. The van der Waals surface area contributed by atoms with Crippen LogP contribution in [0.3, 0.4) is 0 Å². The molecule has 2 fully saturated rings. The molecule has 3 aliphatic rings. The van der Waals surface area contributed by atoms with E-state index in [1.165, 1.54) is 11.0 Å². The number of ether oxygens (including phenoxy) is 1. The van der Waals surface area contributed by atoms with E-state index >= 15 is 0 Å². The highest BCUT2D eigenvalue weighted by Crippen LogP contribution is 2.53. The third kappa shape index (κ3) is 1.96. The summed E-state index contributed by atoms with van der Waals surface area (Å²) in [6.45, 7) is 3.34. The van der Waals surface area contributed by atoms with Crippen molar-refractivity contribution < 1.29 is 19.1 Å². The van der Waals surface area contributed by atoms with Crippen molar-refractivity contribution in [3.8, 4) is 5.75 Å². The molecule has 0 aromatic heterocycles. The summed E-state index contributed by atoms with van der Waals surface area (Å²) in [6.07, 6.45) is 6.08. The fourth-order valence-electron chi connectivity index (χ4n) is 4.00. The highest BCUT2D eigenvalue weighted by molar-refractivity contribution is 6.22. The molecular weight excluding hydrogens is 294 g/mol. The molecular formula is C18H15NO4. The monoisotopic (exact) mass is 309 g/mol. The Morgan fingerprint density at radius 1 is 1.17 bits per heavy atom. The number of carbonyl (C=O) groups excluding carboxylic acids is 3. The molecule has 5 nitrogen and oxygen atoms in total. The number of nitrogens with zero attached hydrogens (tertiary/aromatic N) is 1. The van der Waals surface area contributed by atoms with Crippen LogP contribution < -0.4 is 9.64 Å². The van der Waals surface area contributed by atoms with Crippen LogP contribution in [0.15, 0.2) is 49.1 Å². The van der Waals surface area contributed by atoms with E-state index in [1.54, 1.807) is 18.2 Å². The van der Waals surface area contributed by atoms with Crippen LogP contribution in [0.1, 0.15) is 6.42 Å². The number of rotatable bonds is 3. The minimum Gasteiger partial charge on any atom is -0.423 e. The number of imide groups is 1. The molecule has 0 spiro atoms. The maximum Gasteiger partial charge on any atom is 0.335 e. The lowest BCUT2D eigenvalue weighted by Crippen LogP contribution is -2.32. The molecule has 0 radical (unpaired) electrons. The Kier molecular flexibility index (Phi) is 2.98. The first kappa shape index (κ1) is 13.9. The number of fused-ring (bicyclic) bond motifs is 5. The second-order valence-corrected chi connectivity index (χ2v) is 6.13. The number of allylic oxidation sites excluding steroid dienone is 2. The van der Waals surface area contributed by atoms with Crippen LogP contribution in [0, 0.1) is 23.7 Å². The third-order valence-corrected chi connectivity index (χ3v) is 4.93. The lowest BCUT2D eigenvalue weighted by atomic mass is 9.85. The molecule has 23 heavy (non-hydrogen) atoms. The quantitative estimate of drug-likeness (QED) is 0.282. The smallest absolute Gasteiger partial charge is 0.335 e. The molecule has 2 bridgehead atoms. The number of carbonyl (C=O) groups is 3. The fourth-order valence-corrected chi connectivity index (χ4v) is 4.00. The van der Waals surface area contributed by atoms with E-state index in [9.17, 15) is 14.4 Å². The summed E-state index contributed by atoms with van der Waals surface area (Å²) in [6, 6.07) is 6.47. The zero-order chi connectivity index (χ0) is 16.1. The second kappa shape index (κ2) is 4.91. The standard InChI is InChI=1S/C18H15NO4/c1-2-14(20)23-13-5-3-4-12(9-13)19-17(21)15-10-6-7-11(8-10)16(15)18(19)22/h2-7,9-11,15-16H,1,8H2/t10-,11+,15-,16+. The van der Waals surface area contributed by atoms with Gasteiger partial charge in [0.05, 0.1) is 17.5 Å². The summed E-state index contributed by atoms with van der Waals surface area (Å²) in [5.41, 5.74) is 0.447. The summed E-state index contributed by atoms with van der Waals surface area (Å²) in [5.74, 6) is -0.727. The van der Waals surface area contributed by atoms with Crippen molar-refractivity contribution >= 4 is 23.5 Å². The van der Waals surface area contributed by atoms with Crippen LogP contribution >= 0.6 is 0 Å². The zero-order valence-corrected chi connectivity index (χ0v) is 12.3. The van der Waals surface area contributed by atoms with Crippen molar-refractivity contribution in [1.29, 1.82) is 0 Å². The van der Waals surface area contributed by atoms with Crippen LogP contribution in [0.5, 0.6) is 5.75 Å². The van der Waals surface area contributed by atoms with Crippen molar-refractivity contribution in [3.63, 3.8) is 0 Å². The number of anilines is 1. The van der Waals surface area contributed by atoms with Gasteiger partial charge in [-0.3, -0.25) is 9.59 Å². The van der Waals surface area contributed by atoms with Gasteiger partial charge in [0.25, 0.3) is 0 Å². The molecule has 0 unspecified atom stereocenters. The van der Waals surface area contributed by atoms with Gasteiger partial charge in [0, 0.05) is 12.1 Å². The Balaban J connectivity index is 1.65. The summed E-state index contributed by atoms with van der Waals surface area (Å²) in [4.78, 5) is 38.0. The highest BCUT2D eigenvalue weighted by Gasteiger charge is 2.59. The molecule has 4 atom stereocenters. The summed E-state index contributed by atoms with van der Waals surface area (Å²) in [7, 11) is 0. The van der Waals surface area contributed by atoms with E-state index < -0.39 is 5.97 Å². The van der Waals surface area contributed by atoms with Crippen molar-refractivity contribution in [1.82, 2.24) is 0 Å². The van der Waals surface area contributed by atoms with Gasteiger partial charge in [0.15, 0.2) is 0 Å². The van der Waals surface area contributed by atoms with Crippen molar-refractivity contribution in [2.24, 2.45) is 23.7 Å². The van der Waals surface area contributed by atoms with E-state index in [0.717, 1.165) is 12.5 Å². The van der Waals surface area contributed by atoms with E-state index in [2.05, 4.69) is 18.7 Å². The number of hydrogen-bond donors (Lipinski definition) is 0. The van der Waals surface area contributed by atoms with Gasteiger partial charge < -0.3 is 4.74 Å². The number of hydrogen-bond acceptors (Lipinski definition) is 4. The first-order valence-corrected chi connectivity index (χ1v) is 7.60. The van der Waals surface area contributed by atoms with Crippen molar-refractivity contribution in [2.75, 3.05) is 4.90 Å². The molecule has 0 N–H and O–H groups in total. The predicted molar refractivity (Wildman–Crippen MR) is 82.5 cm³/mol. The summed E-state index contributed by atoms with van der Waals surface area (Å²) < 4.78 is 5.06. The molecule has 5 heteroatoms. The number of esters is 1. The molecule has 1 aromatic rings. The first-order valence-electron chi connectivity index (χ1n) is 7.60. The van der Waals surface area contributed by atoms with Gasteiger partial charge in [0.1, 0.15) is 5.75 Å². The van der Waals surface area contributed by atoms with Crippen LogP contribution in [0.4, 0.5) is 5.69 Å².